The molecule has 0 aliphatic heterocycles. The van der Waals surface area contributed by atoms with E-state index in [-0.39, 0.29) is 19.5 Å². The fourth-order valence-electron chi connectivity index (χ4n) is 3.83. The van der Waals surface area contributed by atoms with Crippen LogP contribution in [0.5, 0.6) is 0 Å². The average Bonchev–Trinajstić information content (AvgIpc) is 2.80. The van der Waals surface area contributed by atoms with Gasteiger partial charge < -0.3 is 5.73 Å². The van der Waals surface area contributed by atoms with Crippen LogP contribution >= 0.6 is 11.6 Å². The minimum Gasteiger partial charge on any atom is -0.321 e. The van der Waals surface area contributed by atoms with Crippen molar-refractivity contribution in [3.63, 3.8) is 0 Å². The van der Waals surface area contributed by atoms with Crippen LogP contribution in [0.4, 0.5) is 0 Å². The quantitative estimate of drug-likeness (QED) is 0.223. The molecule has 0 aliphatic rings. The molecule has 3 aromatic carbocycles. The van der Waals surface area contributed by atoms with Crippen molar-refractivity contribution in [3.05, 3.63) is 105 Å². The first-order valence-electron chi connectivity index (χ1n) is 10.9. The van der Waals surface area contributed by atoms with Gasteiger partial charge in [-0.3, -0.25) is 0 Å². The molecule has 3 N–H and O–H groups in total. The molecule has 3 aromatic rings. The van der Waals surface area contributed by atoms with Crippen molar-refractivity contribution in [1.82, 2.24) is 4.72 Å². The summed E-state index contributed by atoms with van der Waals surface area (Å²) in [6, 6.07) is 17.3. The summed E-state index contributed by atoms with van der Waals surface area (Å²) < 4.78 is 25.9. The SMILES string of the molecule is CS(=O)(=O)N[C@@](Cl)(c1ccccc1)[C@@H](N)c1ccccc1.Cc1c(C)c(C)c(C)c(C)c1C.[Ru]. The number of halogens is 1. The molecule has 0 heterocycles. The van der Waals surface area contributed by atoms with E-state index >= 15 is 0 Å². The average molecular weight is 588 g/mol. The number of hydrogen-bond donors (Lipinski definition) is 2. The number of hydrogen-bond acceptors (Lipinski definition) is 3. The second-order valence-electron chi connectivity index (χ2n) is 8.59. The molecule has 0 aromatic heterocycles. The maximum absolute atomic E-state index is 11.7. The zero-order valence-corrected chi connectivity index (χ0v) is 24.2. The van der Waals surface area contributed by atoms with E-state index in [2.05, 4.69) is 46.3 Å². The van der Waals surface area contributed by atoms with E-state index in [1.54, 1.807) is 24.3 Å². The summed E-state index contributed by atoms with van der Waals surface area (Å²) in [5.74, 6) is 0. The Labute approximate surface area is 223 Å². The van der Waals surface area contributed by atoms with Gasteiger partial charge in [-0.1, -0.05) is 72.3 Å². The van der Waals surface area contributed by atoms with E-state index in [0.717, 1.165) is 11.8 Å². The van der Waals surface area contributed by atoms with Gasteiger partial charge in [0.05, 0.1) is 12.3 Å². The fourth-order valence-corrected chi connectivity index (χ4v) is 5.29. The van der Waals surface area contributed by atoms with Crippen molar-refractivity contribution in [1.29, 1.82) is 0 Å². The van der Waals surface area contributed by atoms with Crippen molar-refractivity contribution < 1.29 is 27.9 Å². The van der Waals surface area contributed by atoms with E-state index < -0.39 is 21.1 Å². The Balaban J connectivity index is 0.000000380. The van der Waals surface area contributed by atoms with Gasteiger partial charge in [0.15, 0.2) is 5.00 Å². The number of rotatable bonds is 5. The normalized spacial score (nSPS) is 13.7. The smallest absolute Gasteiger partial charge is 0.210 e. The van der Waals surface area contributed by atoms with Crippen LogP contribution in [0.1, 0.15) is 50.5 Å². The summed E-state index contributed by atoms with van der Waals surface area (Å²) in [7, 11) is -3.54. The monoisotopic (exact) mass is 588 g/mol. The third kappa shape index (κ3) is 7.22. The molecule has 0 spiro atoms. The molecule has 0 saturated heterocycles. The molecule has 186 valence electrons. The van der Waals surface area contributed by atoms with Gasteiger partial charge >= 0.3 is 0 Å². The van der Waals surface area contributed by atoms with Crippen molar-refractivity contribution in [2.24, 2.45) is 5.73 Å². The molecule has 7 heteroatoms. The standard InChI is InChI=1S/C15H17ClN2O2S.C12H18.Ru/c1-21(19,20)18-15(16,13-10-6-3-7-11-13)14(17)12-8-4-2-5-9-12;1-7-8(2)10(4)12(6)11(5)9(7)3;/h2-11,14,18H,17H2,1H3;1-6H3;/t14-,15-;;/m0../s1. The Hall–Kier alpha value is -1.56. The molecule has 4 nitrogen and oxygen atoms in total. The van der Waals surface area contributed by atoms with Crippen LogP contribution in [0, 0.1) is 41.5 Å². The Morgan fingerprint density at radius 3 is 1.38 bits per heavy atom. The molecule has 0 bridgehead atoms. The summed E-state index contributed by atoms with van der Waals surface area (Å²) >= 11 is 6.62. The van der Waals surface area contributed by atoms with E-state index in [9.17, 15) is 8.42 Å². The Morgan fingerprint density at radius 1 is 0.735 bits per heavy atom. The van der Waals surface area contributed by atoms with Gasteiger partial charge in [-0.25, -0.2) is 8.42 Å². The van der Waals surface area contributed by atoms with Gasteiger partial charge in [-0.15, -0.1) is 0 Å². The van der Waals surface area contributed by atoms with E-state index in [4.69, 9.17) is 17.3 Å². The second-order valence-corrected chi connectivity index (χ2v) is 10.9. The minimum atomic E-state index is -3.54. The van der Waals surface area contributed by atoms with Crippen molar-refractivity contribution in [3.8, 4) is 0 Å². The Morgan fingerprint density at radius 2 is 1.06 bits per heavy atom. The first-order chi connectivity index (χ1) is 15.3. The minimum absolute atomic E-state index is 0. The first kappa shape index (κ1) is 30.5. The van der Waals surface area contributed by atoms with Crippen LogP contribution in [-0.2, 0) is 34.5 Å². The molecule has 0 amide bonds. The molecular weight excluding hydrogens is 553 g/mol. The predicted molar refractivity (Wildman–Crippen MR) is 140 cm³/mol. The zero-order chi connectivity index (χ0) is 25.0. The Bertz CT molecular complexity index is 1100. The summed E-state index contributed by atoms with van der Waals surface area (Å²) in [6.07, 6.45) is 1.06. The van der Waals surface area contributed by atoms with Gasteiger partial charge in [-0.2, -0.15) is 4.72 Å². The van der Waals surface area contributed by atoms with Gasteiger partial charge in [0.2, 0.25) is 10.0 Å². The van der Waals surface area contributed by atoms with E-state index in [1.807, 2.05) is 36.4 Å². The molecule has 0 aliphatic carbocycles. The summed E-state index contributed by atoms with van der Waals surface area (Å²) in [4.78, 5) is -1.45. The van der Waals surface area contributed by atoms with Crippen molar-refractivity contribution in [2.75, 3.05) is 6.26 Å². The van der Waals surface area contributed by atoms with Crippen LogP contribution in [-0.4, -0.2) is 14.7 Å². The van der Waals surface area contributed by atoms with Crippen LogP contribution in [0.15, 0.2) is 60.7 Å². The third-order valence-electron chi connectivity index (χ3n) is 6.49. The summed E-state index contributed by atoms with van der Waals surface area (Å²) in [5.41, 5.74) is 16.3. The summed E-state index contributed by atoms with van der Waals surface area (Å²) in [6.45, 7) is 13.3. The summed E-state index contributed by atoms with van der Waals surface area (Å²) in [5, 5.41) is 0. The number of alkyl halides is 1. The second kappa shape index (κ2) is 12.4. The van der Waals surface area contributed by atoms with Gasteiger partial charge in [0, 0.05) is 19.5 Å². The number of nitrogens with two attached hydrogens (primary N) is 1. The van der Waals surface area contributed by atoms with Gasteiger partial charge in [0.1, 0.15) is 0 Å². The molecular formula is C27H35ClN2O2RuS. The topological polar surface area (TPSA) is 72.2 Å². The Kier molecular flexibility index (Phi) is 11.1. The largest absolute Gasteiger partial charge is 0.321 e. The number of sulfonamides is 1. The molecule has 34 heavy (non-hydrogen) atoms. The van der Waals surface area contributed by atoms with Crippen molar-refractivity contribution in [2.45, 2.75) is 52.6 Å². The van der Waals surface area contributed by atoms with Crippen LogP contribution < -0.4 is 10.5 Å². The van der Waals surface area contributed by atoms with Crippen LogP contribution in [0.2, 0.25) is 0 Å². The molecule has 0 saturated carbocycles. The maximum Gasteiger partial charge on any atom is 0.210 e. The first-order valence-corrected chi connectivity index (χ1v) is 13.1. The van der Waals surface area contributed by atoms with E-state index in [1.165, 1.54) is 33.4 Å². The fraction of sp³-hybridized carbons (Fsp3) is 0.333. The van der Waals surface area contributed by atoms with Gasteiger partial charge in [-0.05, 0) is 86.1 Å². The predicted octanol–water partition coefficient (Wildman–Crippen LogP) is 5.86. The molecule has 0 unspecified atom stereocenters. The number of benzene rings is 3. The zero-order valence-electron chi connectivity index (χ0n) is 20.9. The van der Waals surface area contributed by atoms with Gasteiger partial charge in [0.25, 0.3) is 0 Å². The maximum atomic E-state index is 11.7. The molecule has 2 atom stereocenters. The van der Waals surface area contributed by atoms with Crippen LogP contribution in [0.25, 0.3) is 0 Å². The third-order valence-corrected chi connectivity index (χ3v) is 7.84. The molecule has 3 rings (SSSR count). The molecule has 0 radical (unpaired) electrons. The van der Waals surface area contributed by atoms with Crippen molar-refractivity contribution >= 4 is 21.6 Å². The number of nitrogens with one attached hydrogen (secondary N) is 1. The molecule has 0 fully saturated rings. The van der Waals surface area contributed by atoms with Crippen LogP contribution in [0.3, 0.4) is 0 Å². The van der Waals surface area contributed by atoms with E-state index in [0.29, 0.717) is 5.56 Å².